The van der Waals surface area contributed by atoms with Gasteiger partial charge >= 0.3 is 0 Å². The van der Waals surface area contributed by atoms with Crippen molar-refractivity contribution in [1.29, 1.82) is 0 Å². The second-order valence-electron chi connectivity index (χ2n) is 6.12. The third kappa shape index (κ3) is 2.86. The molecule has 5 heteroatoms. The van der Waals surface area contributed by atoms with Gasteiger partial charge in [-0.2, -0.15) is 0 Å². The monoisotopic (exact) mass is 301 g/mol. The lowest BCUT2D eigenvalue weighted by Gasteiger charge is -2.37. The van der Waals surface area contributed by atoms with E-state index in [0.29, 0.717) is 0 Å². The number of likely N-dealkylation sites (N-methyl/N-ethyl adjacent to an activating group) is 1. The zero-order chi connectivity index (χ0) is 15.5. The largest absolute Gasteiger partial charge is 0.333 e. The lowest BCUT2D eigenvalue weighted by molar-refractivity contribution is -0.141. The van der Waals surface area contributed by atoms with Crippen molar-refractivity contribution in [2.45, 2.75) is 25.3 Å². The summed E-state index contributed by atoms with van der Waals surface area (Å²) in [5.41, 5.74) is 0.917. The Morgan fingerprint density at radius 1 is 1.27 bits per heavy atom. The van der Waals surface area contributed by atoms with Crippen LogP contribution in [0.2, 0.25) is 0 Å². The molecule has 0 aromatic heterocycles. The zero-order valence-electron chi connectivity index (χ0n) is 13.0. The first-order valence-electron chi connectivity index (χ1n) is 8.02. The molecule has 3 rings (SSSR count). The number of benzene rings is 1. The zero-order valence-corrected chi connectivity index (χ0v) is 13.0. The number of hydrogen-bond acceptors (Lipinski definition) is 3. The third-order valence-corrected chi connectivity index (χ3v) is 4.70. The second-order valence-corrected chi connectivity index (χ2v) is 6.12. The summed E-state index contributed by atoms with van der Waals surface area (Å²) in [6.45, 7) is 2.35. The number of hydrogen-bond donors (Lipinski definition) is 1. The van der Waals surface area contributed by atoms with Crippen molar-refractivity contribution in [2.24, 2.45) is 5.92 Å². The first-order valence-corrected chi connectivity index (χ1v) is 8.02. The maximum atomic E-state index is 12.8. The minimum absolute atomic E-state index is 0.0184. The Labute approximate surface area is 131 Å². The van der Waals surface area contributed by atoms with Crippen LogP contribution in [0.1, 0.15) is 19.3 Å². The lowest BCUT2D eigenvalue weighted by Crippen LogP contribution is -2.54. The van der Waals surface area contributed by atoms with Crippen LogP contribution in [0, 0.1) is 5.92 Å². The van der Waals surface area contributed by atoms with Crippen molar-refractivity contribution >= 4 is 17.5 Å². The van der Waals surface area contributed by atoms with Crippen molar-refractivity contribution in [3.63, 3.8) is 0 Å². The van der Waals surface area contributed by atoms with Crippen LogP contribution in [0.5, 0.6) is 0 Å². The van der Waals surface area contributed by atoms with Crippen LogP contribution in [0.15, 0.2) is 30.3 Å². The summed E-state index contributed by atoms with van der Waals surface area (Å²) in [5, 5.41) is 3.21. The number of anilines is 1. The van der Waals surface area contributed by atoms with Crippen LogP contribution >= 0.6 is 0 Å². The highest BCUT2D eigenvalue weighted by Crippen LogP contribution is 2.24. The van der Waals surface area contributed by atoms with Crippen LogP contribution < -0.4 is 10.2 Å². The number of piperidine rings is 1. The Kier molecular flexibility index (Phi) is 4.43. The number of amides is 2. The highest BCUT2D eigenvalue weighted by molar-refractivity contribution is 6.00. The molecule has 2 aliphatic rings. The molecule has 2 aliphatic heterocycles. The normalized spacial score (nSPS) is 25.3. The number of carbonyl (C=O) groups excluding carboxylic acids is 2. The van der Waals surface area contributed by atoms with E-state index in [1.165, 1.54) is 0 Å². The molecule has 0 saturated carbocycles. The van der Waals surface area contributed by atoms with Gasteiger partial charge in [0.15, 0.2) is 0 Å². The molecule has 0 bridgehead atoms. The standard InChI is InChI=1S/C17H23N3O2/c1-19(16(21)13-9-10-18-12-13)15-8-5-11-20(17(15)22)14-6-3-2-4-7-14/h2-4,6-7,13,15,18H,5,8-12H2,1H3. The van der Waals surface area contributed by atoms with E-state index >= 15 is 0 Å². The molecule has 2 heterocycles. The molecule has 1 N–H and O–H groups in total. The van der Waals surface area contributed by atoms with E-state index in [1.807, 2.05) is 35.2 Å². The van der Waals surface area contributed by atoms with Crippen molar-refractivity contribution in [1.82, 2.24) is 10.2 Å². The molecule has 2 atom stereocenters. The van der Waals surface area contributed by atoms with Gasteiger partial charge in [-0.3, -0.25) is 9.59 Å². The van der Waals surface area contributed by atoms with Crippen LogP contribution in [0.3, 0.4) is 0 Å². The second kappa shape index (κ2) is 6.48. The number of carbonyl (C=O) groups is 2. The first kappa shape index (κ1) is 15.0. The topological polar surface area (TPSA) is 52.7 Å². The predicted octanol–water partition coefficient (Wildman–Crippen LogP) is 1.25. The van der Waals surface area contributed by atoms with Gasteiger partial charge < -0.3 is 15.1 Å². The van der Waals surface area contributed by atoms with Crippen LogP contribution in [0.25, 0.3) is 0 Å². The summed E-state index contributed by atoms with van der Waals surface area (Å²) in [5.74, 6) is 0.155. The number of para-hydroxylation sites is 1. The van der Waals surface area contributed by atoms with Crippen LogP contribution in [-0.4, -0.2) is 49.4 Å². The molecule has 2 fully saturated rings. The molecule has 5 nitrogen and oxygen atoms in total. The van der Waals surface area contributed by atoms with Gasteiger partial charge in [0.05, 0.1) is 5.92 Å². The van der Waals surface area contributed by atoms with E-state index in [1.54, 1.807) is 11.9 Å². The van der Waals surface area contributed by atoms with E-state index < -0.39 is 0 Å². The molecular weight excluding hydrogens is 278 g/mol. The van der Waals surface area contributed by atoms with Gasteiger partial charge in [-0.25, -0.2) is 0 Å². The SMILES string of the molecule is CN(C(=O)C1CCNC1)C1CCCN(c2ccccc2)C1=O. The van der Waals surface area contributed by atoms with Crippen molar-refractivity contribution < 1.29 is 9.59 Å². The van der Waals surface area contributed by atoms with Crippen molar-refractivity contribution in [3.05, 3.63) is 30.3 Å². The Bertz CT molecular complexity index is 540. The van der Waals surface area contributed by atoms with E-state index in [9.17, 15) is 9.59 Å². The van der Waals surface area contributed by atoms with Gasteiger partial charge in [-0.15, -0.1) is 0 Å². The summed E-state index contributed by atoms with van der Waals surface area (Å²) in [7, 11) is 1.78. The summed E-state index contributed by atoms with van der Waals surface area (Å²) in [6.07, 6.45) is 2.54. The van der Waals surface area contributed by atoms with Crippen molar-refractivity contribution in [2.75, 3.05) is 31.6 Å². The maximum absolute atomic E-state index is 12.8. The Morgan fingerprint density at radius 2 is 2.05 bits per heavy atom. The molecule has 118 valence electrons. The van der Waals surface area contributed by atoms with Crippen molar-refractivity contribution in [3.8, 4) is 0 Å². The van der Waals surface area contributed by atoms with Crippen LogP contribution in [-0.2, 0) is 9.59 Å². The van der Waals surface area contributed by atoms with Gasteiger partial charge in [0.1, 0.15) is 6.04 Å². The number of nitrogens with zero attached hydrogens (tertiary/aromatic N) is 2. The third-order valence-electron chi connectivity index (χ3n) is 4.70. The van der Waals surface area contributed by atoms with Gasteiger partial charge in [-0.05, 0) is 37.9 Å². The smallest absolute Gasteiger partial charge is 0.249 e. The Hall–Kier alpha value is -1.88. The quantitative estimate of drug-likeness (QED) is 0.914. The van der Waals surface area contributed by atoms with Gasteiger partial charge in [0.2, 0.25) is 11.8 Å². The molecule has 1 aromatic carbocycles. The number of rotatable bonds is 3. The lowest BCUT2D eigenvalue weighted by atomic mass is 10.00. The summed E-state index contributed by atoms with van der Waals surface area (Å²) >= 11 is 0. The molecular formula is C17H23N3O2. The fourth-order valence-electron chi connectivity index (χ4n) is 3.39. The van der Waals surface area contributed by atoms with Crippen LogP contribution in [0.4, 0.5) is 5.69 Å². The average molecular weight is 301 g/mol. The molecule has 0 spiro atoms. The molecule has 2 amide bonds. The molecule has 22 heavy (non-hydrogen) atoms. The van der Waals surface area contributed by atoms with Gasteiger partial charge in [-0.1, -0.05) is 18.2 Å². The van der Waals surface area contributed by atoms with E-state index in [-0.39, 0.29) is 23.8 Å². The van der Waals surface area contributed by atoms with E-state index in [2.05, 4.69) is 5.32 Å². The van der Waals surface area contributed by atoms with E-state index in [4.69, 9.17) is 0 Å². The minimum atomic E-state index is -0.331. The Balaban J connectivity index is 1.73. The summed E-state index contributed by atoms with van der Waals surface area (Å²) in [4.78, 5) is 28.8. The summed E-state index contributed by atoms with van der Waals surface area (Å²) < 4.78 is 0. The average Bonchev–Trinajstić information content (AvgIpc) is 3.09. The highest BCUT2D eigenvalue weighted by Gasteiger charge is 2.37. The highest BCUT2D eigenvalue weighted by atomic mass is 16.2. The Morgan fingerprint density at radius 3 is 2.73 bits per heavy atom. The van der Waals surface area contributed by atoms with E-state index in [0.717, 1.165) is 44.6 Å². The molecule has 2 saturated heterocycles. The summed E-state index contributed by atoms with van der Waals surface area (Å²) in [6, 6.07) is 9.38. The number of nitrogens with one attached hydrogen (secondary N) is 1. The maximum Gasteiger partial charge on any atom is 0.249 e. The first-order chi connectivity index (χ1) is 10.7. The van der Waals surface area contributed by atoms with Gasteiger partial charge in [0.25, 0.3) is 0 Å². The molecule has 0 radical (unpaired) electrons. The molecule has 1 aromatic rings. The molecule has 2 unspecified atom stereocenters. The fraction of sp³-hybridized carbons (Fsp3) is 0.529. The predicted molar refractivity (Wildman–Crippen MR) is 85.6 cm³/mol. The van der Waals surface area contributed by atoms with Gasteiger partial charge in [0, 0.05) is 25.8 Å². The fourth-order valence-corrected chi connectivity index (χ4v) is 3.39. The molecule has 0 aliphatic carbocycles. The minimum Gasteiger partial charge on any atom is -0.333 e.